The molecule has 4 rings (SSSR count). The van der Waals surface area contributed by atoms with Crippen molar-refractivity contribution in [3.63, 3.8) is 0 Å². The van der Waals surface area contributed by atoms with Crippen molar-refractivity contribution in [2.75, 3.05) is 13.1 Å². The molecule has 0 N–H and O–H groups in total. The lowest BCUT2D eigenvalue weighted by Gasteiger charge is -2.38. The molecule has 1 aliphatic heterocycles. The van der Waals surface area contributed by atoms with Crippen molar-refractivity contribution in [2.45, 2.75) is 37.5 Å². The predicted octanol–water partition coefficient (Wildman–Crippen LogP) is 4.68. The van der Waals surface area contributed by atoms with E-state index in [-0.39, 0.29) is 27.9 Å². The van der Waals surface area contributed by atoms with Crippen LogP contribution in [0.1, 0.15) is 43.5 Å². The molecular weight excluding hydrogens is 399 g/mol. The van der Waals surface area contributed by atoms with E-state index in [0.717, 1.165) is 30.5 Å². The summed E-state index contributed by atoms with van der Waals surface area (Å²) in [4.78, 5) is 31.4. The van der Waals surface area contributed by atoms with Crippen LogP contribution in [-0.4, -0.2) is 39.1 Å². The number of aromatic nitrogens is 1. The molecule has 2 heterocycles. The summed E-state index contributed by atoms with van der Waals surface area (Å²) in [6.45, 7) is 2.73. The van der Waals surface area contributed by atoms with E-state index in [1.807, 2.05) is 24.3 Å². The first-order valence-corrected chi connectivity index (χ1v) is 11.2. The molecule has 156 valence electrons. The quantitative estimate of drug-likeness (QED) is 0.674. The van der Waals surface area contributed by atoms with E-state index in [1.165, 1.54) is 17.8 Å². The minimum Gasteiger partial charge on any atom is -0.297 e. The number of thioether (sulfide) groups is 1. The maximum Gasteiger partial charge on any atom is 0.186 e. The third kappa shape index (κ3) is 4.87. The first-order chi connectivity index (χ1) is 14.5. The normalized spacial score (nSPS) is 22.1. The number of hydrogen-bond acceptors (Lipinski definition) is 5. The summed E-state index contributed by atoms with van der Waals surface area (Å²) in [5, 5.41) is 0.109. The van der Waals surface area contributed by atoms with Crippen molar-refractivity contribution >= 4 is 28.7 Å². The Balaban J connectivity index is 1.67. The highest BCUT2D eigenvalue weighted by Crippen LogP contribution is 2.40. The Morgan fingerprint density at radius 1 is 1.17 bits per heavy atom. The van der Waals surface area contributed by atoms with Crippen LogP contribution in [0.3, 0.4) is 0 Å². The lowest BCUT2D eigenvalue weighted by Crippen LogP contribution is -2.43. The van der Waals surface area contributed by atoms with Gasteiger partial charge in [-0.05, 0) is 49.1 Å². The number of likely N-dealkylation sites (tertiary alicyclic amines) is 1. The van der Waals surface area contributed by atoms with Crippen LogP contribution in [0, 0.1) is 11.7 Å². The van der Waals surface area contributed by atoms with Crippen molar-refractivity contribution in [3.8, 4) is 0 Å². The van der Waals surface area contributed by atoms with Gasteiger partial charge in [0.1, 0.15) is 5.82 Å². The van der Waals surface area contributed by atoms with Crippen molar-refractivity contribution < 1.29 is 14.0 Å². The second-order valence-corrected chi connectivity index (χ2v) is 9.31. The number of Topliss-reactive ketones (excluding diaryl/α,β-unsaturated/α-hetero) is 1. The van der Waals surface area contributed by atoms with Gasteiger partial charge in [0.2, 0.25) is 0 Å². The van der Waals surface area contributed by atoms with E-state index in [9.17, 15) is 14.0 Å². The summed E-state index contributed by atoms with van der Waals surface area (Å²) in [7, 11) is 0. The van der Waals surface area contributed by atoms with Gasteiger partial charge in [0, 0.05) is 42.9 Å². The van der Waals surface area contributed by atoms with Crippen LogP contribution in [0.25, 0.3) is 6.08 Å². The van der Waals surface area contributed by atoms with Crippen LogP contribution in [0.4, 0.5) is 4.39 Å². The first-order valence-electron chi connectivity index (χ1n) is 10.3. The lowest BCUT2D eigenvalue weighted by molar-refractivity contribution is -0.126. The fraction of sp³-hybridized carbons (Fsp3) is 0.375. The van der Waals surface area contributed by atoms with Gasteiger partial charge in [-0.1, -0.05) is 36.0 Å². The molecule has 4 nitrogen and oxygen atoms in total. The fourth-order valence-corrected chi connectivity index (χ4v) is 4.96. The second-order valence-electron chi connectivity index (χ2n) is 7.93. The summed E-state index contributed by atoms with van der Waals surface area (Å²) in [5.41, 5.74) is 2.31. The highest BCUT2D eigenvalue weighted by molar-refractivity contribution is 8.14. The third-order valence-electron chi connectivity index (χ3n) is 5.62. The van der Waals surface area contributed by atoms with Crippen LogP contribution < -0.4 is 0 Å². The monoisotopic (exact) mass is 424 g/mol. The van der Waals surface area contributed by atoms with E-state index >= 15 is 0 Å². The Morgan fingerprint density at radius 2 is 1.93 bits per heavy atom. The van der Waals surface area contributed by atoms with Crippen molar-refractivity contribution in [1.29, 1.82) is 0 Å². The number of carbonyl (C=O) groups excluding carboxylic acids is 2. The molecule has 6 heteroatoms. The molecule has 1 saturated heterocycles. The lowest BCUT2D eigenvalue weighted by atomic mass is 9.93. The highest BCUT2D eigenvalue weighted by Gasteiger charge is 2.41. The molecule has 2 aliphatic rings. The molecule has 1 aromatic carbocycles. The average Bonchev–Trinajstić information content (AvgIpc) is 3.57. The van der Waals surface area contributed by atoms with Gasteiger partial charge in [0.15, 0.2) is 10.9 Å². The van der Waals surface area contributed by atoms with Gasteiger partial charge in [0.25, 0.3) is 0 Å². The number of rotatable bonds is 6. The van der Waals surface area contributed by atoms with Crippen LogP contribution in [0.2, 0.25) is 0 Å². The number of halogens is 1. The minimum atomic E-state index is -0.589. The molecular formula is C24H25FN2O2S. The fourth-order valence-electron chi connectivity index (χ4n) is 4.05. The Bertz CT molecular complexity index is 959. The highest BCUT2D eigenvalue weighted by atomic mass is 32.2. The van der Waals surface area contributed by atoms with Crippen LogP contribution in [0.15, 0.2) is 54.2 Å². The summed E-state index contributed by atoms with van der Waals surface area (Å²) in [5.74, 6) is -0.205. The molecule has 2 atom stereocenters. The zero-order chi connectivity index (χ0) is 21.1. The Kier molecular flexibility index (Phi) is 6.44. The molecule has 0 spiro atoms. The minimum absolute atomic E-state index is 0.0298. The molecule has 1 saturated carbocycles. The zero-order valence-corrected chi connectivity index (χ0v) is 17.8. The van der Waals surface area contributed by atoms with Gasteiger partial charge in [-0.3, -0.25) is 19.5 Å². The second kappa shape index (κ2) is 9.23. The van der Waals surface area contributed by atoms with Crippen molar-refractivity contribution in [2.24, 2.45) is 5.92 Å². The third-order valence-corrected chi connectivity index (χ3v) is 6.78. The number of hydrogen-bond donors (Lipinski definition) is 0. The Morgan fingerprint density at radius 3 is 2.60 bits per heavy atom. The molecule has 1 aromatic heterocycles. The van der Waals surface area contributed by atoms with Crippen LogP contribution >= 0.6 is 11.8 Å². The largest absolute Gasteiger partial charge is 0.297 e. The smallest absolute Gasteiger partial charge is 0.186 e. The van der Waals surface area contributed by atoms with Gasteiger partial charge in [-0.2, -0.15) is 0 Å². The number of piperidine rings is 1. The summed E-state index contributed by atoms with van der Waals surface area (Å²) < 4.78 is 14.7. The van der Waals surface area contributed by atoms with Crippen LogP contribution in [0.5, 0.6) is 0 Å². The van der Waals surface area contributed by atoms with Crippen molar-refractivity contribution in [3.05, 3.63) is 71.3 Å². The van der Waals surface area contributed by atoms with Crippen LogP contribution in [-0.2, 0) is 9.59 Å². The number of ketones is 1. The molecule has 0 bridgehead atoms. The number of benzene rings is 1. The summed E-state index contributed by atoms with van der Waals surface area (Å²) >= 11 is 1.32. The predicted molar refractivity (Wildman–Crippen MR) is 117 cm³/mol. The van der Waals surface area contributed by atoms with E-state index in [4.69, 9.17) is 0 Å². The van der Waals surface area contributed by atoms with E-state index in [1.54, 1.807) is 31.3 Å². The topological polar surface area (TPSA) is 50.3 Å². The van der Waals surface area contributed by atoms with Gasteiger partial charge in [-0.25, -0.2) is 4.39 Å². The van der Waals surface area contributed by atoms with Gasteiger partial charge < -0.3 is 0 Å². The number of nitrogens with zero attached hydrogens (tertiary/aromatic N) is 2. The van der Waals surface area contributed by atoms with Gasteiger partial charge in [-0.15, -0.1) is 0 Å². The first kappa shape index (κ1) is 20.9. The molecule has 0 radical (unpaired) electrons. The van der Waals surface area contributed by atoms with Gasteiger partial charge >= 0.3 is 0 Å². The van der Waals surface area contributed by atoms with Crippen molar-refractivity contribution in [1.82, 2.24) is 9.88 Å². The molecule has 0 amide bonds. The summed E-state index contributed by atoms with van der Waals surface area (Å²) in [6.07, 6.45) is 6.24. The molecule has 1 aliphatic carbocycles. The molecule has 2 unspecified atom stereocenters. The Labute approximate surface area is 180 Å². The maximum atomic E-state index is 14.7. The summed E-state index contributed by atoms with van der Waals surface area (Å²) in [6, 6.07) is 11.7. The number of carbonyl (C=O) groups is 2. The van der Waals surface area contributed by atoms with E-state index in [0.29, 0.717) is 18.7 Å². The number of pyridine rings is 1. The SMILES string of the molecule is CC(=O)SC1CCN(C(C(=O)C2CC2)c2ccccc2F)C/C1=C\c1ccccn1. The zero-order valence-electron chi connectivity index (χ0n) is 17.0. The molecule has 2 fully saturated rings. The molecule has 2 aromatic rings. The van der Waals surface area contributed by atoms with E-state index in [2.05, 4.69) is 9.88 Å². The van der Waals surface area contributed by atoms with E-state index < -0.39 is 6.04 Å². The Hall–Kier alpha value is -2.31. The average molecular weight is 425 g/mol. The van der Waals surface area contributed by atoms with Gasteiger partial charge in [0.05, 0.1) is 11.7 Å². The molecule has 30 heavy (non-hydrogen) atoms. The maximum absolute atomic E-state index is 14.7. The standard InChI is InChI=1S/C24H25FN2O2S/c1-16(28)30-22-11-13-27(15-18(22)14-19-6-4-5-12-26-19)23(24(29)17-9-10-17)20-7-2-3-8-21(20)25/h2-8,12,14,17,22-23H,9-11,13,15H2,1H3/b18-14+.